The van der Waals surface area contributed by atoms with Gasteiger partial charge in [0.05, 0.1) is 0 Å². The van der Waals surface area contributed by atoms with Gasteiger partial charge < -0.3 is 24.7 Å². The van der Waals surface area contributed by atoms with E-state index in [4.69, 9.17) is 24.1 Å². The Balaban J connectivity index is 0. The van der Waals surface area contributed by atoms with E-state index < -0.39 is 47.4 Å². The van der Waals surface area contributed by atoms with Crippen LogP contribution in [0.15, 0.2) is 30.3 Å². The van der Waals surface area contributed by atoms with Gasteiger partial charge in [-0.2, -0.15) is 0 Å². The smallest absolute Gasteiger partial charge is 0.329 e. The number of ether oxygens (including phenoxy) is 1. The maximum Gasteiger partial charge on any atom is 0.329 e. The first kappa shape index (κ1) is 36.3. The summed E-state index contributed by atoms with van der Waals surface area (Å²) in [6.07, 6.45) is 2.35. The van der Waals surface area contributed by atoms with Crippen molar-refractivity contribution < 1.29 is 57.6 Å². The number of amides is 2. The monoisotopic (exact) mass is 550 g/mol. The molecule has 2 N–H and O–H groups in total. The molecule has 0 saturated carbocycles. The second-order valence-corrected chi connectivity index (χ2v) is 7.86. The molecule has 2 aliphatic rings. The van der Waals surface area contributed by atoms with Gasteiger partial charge in [-0.25, -0.2) is 9.59 Å². The largest absolute Gasteiger partial charge is 0.480 e. The first-order valence-corrected chi connectivity index (χ1v) is 11.3. The number of aliphatic hydroxyl groups is 1. The van der Waals surface area contributed by atoms with Crippen LogP contribution in [0.2, 0.25) is 0 Å². The highest BCUT2D eigenvalue weighted by Crippen LogP contribution is 2.20. The molecular weight excluding hydrogens is 517 g/mol. The molecule has 38 heavy (non-hydrogen) atoms. The fraction of sp³-hybridized carbons (Fsp3) is 0.500. The number of carboxylic acids is 1. The number of Topliss-reactive ketones (excluding diaryl/α,β-unsaturated/α-hetero) is 2. The van der Waals surface area contributed by atoms with Crippen LogP contribution in [0, 0.1) is 0 Å². The predicted octanol–water partition coefficient (Wildman–Crippen LogP) is 1.56. The Hall–Kier alpha value is -3.81. The van der Waals surface area contributed by atoms with E-state index in [1.54, 1.807) is 0 Å². The number of halogens is 3. The van der Waals surface area contributed by atoms with Crippen molar-refractivity contribution in [3.05, 3.63) is 35.9 Å². The third kappa shape index (κ3) is 11.1. The molecule has 2 aliphatic heterocycles. The van der Waals surface area contributed by atoms with Crippen LogP contribution in [0.1, 0.15) is 45.1 Å². The number of hydrogen-bond donors (Lipinski definition) is 2. The number of nitrogens with zero attached hydrogens (tertiary/aromatic N) is 2. The van der Waals surface area contributed by atoms with Crippen molar-refractivity contribution in [1.29, 1.82) is 0 Å². The minimum atomic E-state index is -1.04. The lowest BCUT2D eigenvalue weighted by molar-refractivity contribution is -0.156. The summed E-state index contributed by atoms with van der Waals surface area (Å²) in [4.78, 5) is 69.8. The number of carbonyl (C=O) groups is 6. The van der Waals surface area contributed by atoms with Crippen molar-refractivity contribution in [1.82, 2.24) is 9.80 Å². The molecule has 0 unspecified atom stereocenters. The maximum absolute atomic E-state index is 12.0. The van der Waals surface area contributed by atoms with Crippen LogP contribution in [-0.2, 0) is 40.1 Å². The molecule has 0 spiro atoms. The van der Waals surface area contributed by atoms with E-state index in [1.165, 1.54) is 11.8 Å². The Labute approximate surface area is 217 Å². The first-order valence-electron chi connectivity index (χ1n) is 11.3. The van der Waals surface area contributed by atoms with Crippen LogP contribution < -0.4 is 0 Å². The highest BCUT2D eigenvalue weighted by molar-refractivity contribution is 6.35. The first-order chi connectivity index (χ1) is 17.6. The van der Waals surface area contributed by atoms with Crippen molar-refractivity contribution in [2.45, 2.75) is 58.2 Å². The summed E-state index contributed by atoms with van der Waals surface area (Å²) in [5.74, 6) is -3.93. The topological polar surface area (TPSA) is 159 Å². The van der Waals surface area contributed by atoms with E-state index in [9.17, 15) is 28.8 Å². The number of hydrogen-bond acceptors (Lipinski definition) is 8. The number of carboxylic acid groups (broad SMARTS) is 1. The molecule has 1 aromatic carbocycles. The van der Waals surface area contributed by atoms with E-state index in [1.807, 2.05) is 30.3 Å². The molecule has 0 aliphatic carbocycles. The highest BCUT2D eigenvalue weighted by Gasteiger charge is 2.37. The van der Waals surface area contributed by atoms with Gasteiger partial charge in [0.15, 0.2) is 0 Å². The minimum absolute atomic E-state index is 0. The molecule has 14 heteroatoms. The summed E-state index contributed by atoms with van der Waals surface area (Å²) in [5.41, 5.74) is 0.892. The number of ketones is 2. The number of rotatable bonds is 6. The number of aliphatic hydroxyl groups excluding tert-OH is 1. The maximum atomic E-state index is 12.0. The Morgan fingerprint density at radius 2 is 1.26 bits per heavy atom. The zero-order valence-electron chi connectivity index (χ0n) is 21.3. The third-order valence-electron chi connectivity index (χ3n) is 5.41. The lowest BCUT2D eigenvalue weighted by Crippen LogP contribution is -2.43. The van der Waals surface area contributed by atoms with Gasteiger partial charge in [-0.05, 0) is 31.2 Å². The fourth-order valence-electron chi connectivity index (χ4n) is 3.75. The van der Waals surface area contributed by atoms with Crippen LogP contribution in [0.25, 0.3) is 0 Å². The summed E-state index contributed by atoms with van der Waals surface area (Å²) in [7, 11) is 1.00. The van der Waals surface area contributed by atoms with Crippen molar-refractivity contribution in [2.75, 3.05) is 20.2 Å². The van der Waals surface area contributed by atoms with E-state index in [-0.39, 0.29) is 11.3 Å². The summed E-state index contributed by atoms with van der Waals surface area (Å²) in [6.45, 7) is 3.35. The van der Waals surface area contributed by atoms with Crippen LogP contribution in [0.4, 0.5) is 13.9 Å². The molecule has 11 nitrogen and oxygen atoms in total. The Morgan fingerprint density at radius 1 is 0.842 bits per heavy atom. The van der Waals surface area contributed by atoms with Gasteiger partial charge in [0.25, 0.3) is 11.8 Å². The molecule has 0 bridgehead atoms. The van der Waals surface area contributed by atoms with Gasteiger partial charge >= 0.3 is 11.9 Å². The predicted molar refractivity (Wildman–Crippen MR) is 128 cm³/mol. The van der Waals surface area contributed by atoms with E-state index in [0.29, 0.717) is 38.8 Å². The van der Waals surface area contributed by atoms with Crippen molar-refractivity contribution in [2.24, 2.45) is 0 Å². The zero-order valence-corrected chi connectivity index (χ0v) is 21.3. The standard InChI is InChI=1S/C15H17NO4.C8H11NO4.CH4O.F2.FH/c1-11(17)14(18)16-9-5-8-13(16)15(19)20-10-12-6-3-2-4-7-12;1-5(10)7(11)9-4-2-3-6(9)8(12)13;2*1-2;/h2-4,6-7,13H,5,8-10H2,1H3;6H,2-4H2,1H3,(H,12,13);2H,1H3;;1H/t13-;6-;;;/m00.../s1. The van der Waals surface area contributed by atoms with E-state index in [0.717, 1.165) is 24.5 Å². The second-order valence-electron chi connectivity index (χ2n) is 7.86. The molecule has 0 aromatic heterocycles. The van der Waals surface area contributed by atoms with Crippen LogP contribution >= 0.6 is 0 Å². The highest BCUT2D eigenvalue weighted by atomic mass is 20.0. The minimum Gasteiger partial charge on any atom is -0.480 e. The van der Waals surface area contributed by atoms with Gasteiger partial charge in [-0.1, -0.05) is 30.3 Å². The summed E-state index contributed by atoms with van der Waals surface area (Å²) in [6, 6.07) is 7.90. The van der Waals surface area contributed by atoms with E-state index >= 15 is 0 Å². The quantitative estimate of drug-likeness (QED) is 0.396. The van der Waals surface area contributed by atoms with Crippen LogP contribution in [0.3, 0.4) is 0 Å². The molecular formula is C24H33F3N2O9. The number of carbonyl (C=O) groups excluding carboxylic acids is 5. The number of likely N-dealkylation sites (tertiary alicyclic amines) is 2. The lowest BCUT2D eigenvalue weighted by Gasteiger charge is -2.21. The molecule has 2 heterocycles. The normalized spacial score (nSPS) is 17.1. The van der Waals surface area contributed by atoms with E-state index in [2.05, 4.69) is 0 Å². The van der Waals surface area contributed by atoms with Gasteiger partial charge in [0.2, 0.25) is 11.6 Å². The SMILES string of the molecule is CC(=O)C(=O)N1CCC[C@H]1C(=O)O.CC(=O)C(=O)N1CCC[C@H]1C(=O)OCc1ccccc1.CO.F.FF. The zero-order chi connectivity index (χ0) is 28.5. The molecule has 2 atom stereocenters. The third-order valence-corrected chi connectivity index (χ3v) is 5.41. The molecule has 0 radical (unpaired) electrons. The van der Waals surface area contributed by atoms with Crippen molar-refractivity contribution in [3.63, 3.8) is 0 Å². The molecule has 2 fully saturated rings. The van der Waals surface area contributed by atoms with Gasteiger partial charge in [-0.15, -0.1) is 0 Å². The Kier molecular flexibility index (Phi) is 18.5. The molecule has 2 amide bonds. The lowest BCUT2D eigenvalue weighted by atomic mass is 10.2. The van der Waals surface area contributed by atoms with Crippen molar-refractivity contribution in [3.8, 4) is 0 Å². The summed E-state index contributed by atoms with van der Waals surface area (Å²) < 4.78 is 21.2. The average molecular weight is 551 g/mol. The number of benzene rings is 1. The number of esters is 1. The summed E-state index contributed by atoms with van der Waals surface area (Å²) in [5, 5.41) is 15.7. The van der Waals surface area contributed by atoms with Gasteiger partial charge in [0, 0.05) is 43.2 Å². The molecule has 1 aromatic rings. The van der Waals surface area contributed by atoms with Crippen LogP contribution in [0.5, 0.6) is 0 Å². The molecule has 3 rings (SSSR count). The van der Waals surface area contributed by atoms with Crippen molar-refractivity contribution >= 4 is 35.3 Å². The fourth-order valence-corrected chi connectivity index (χ4v) is 3.75. The Morgan fingerprint density at radius 3 is 1.68 bits per heavy atom. The second kappa shape index (κ2) is 19.3. The number of aliphatic carboxylic acids is 1. The molecule has 214 valence electrons. The molecule has 2 saturated heterocycles. The summed E-state index contributed by atoms with van der Waals surface area (Å²) >= 11 is 0. The Bertz CT molecular complexity index is 932. The van der Waals surface area contributed by atoms with Gasteiger partial charge in [0.1, 0.15) is 18.7 Å². The van der Waals surface area contributed by atoms with Gasteiger partial charge in [-0.3, -0.25) is 23.9 Å². The van der Waals surface area contributed by atoms with Crippen LogP contribution in [-0.4, -0.2) is 87.6 Å². The average Bonchev–Trinajstić information content (AvgIpc) is 3.60.